The molecule has 6 heteroatoms. The number of nitrogens with one attached hydrogen (secondary N) is 2. The molecule has 0 spiro atoms. The Balaban J connectivity index is 1.84. The fourth-order valence-electron chi connectivity index (χ4n) is 3.99. The van der Waals surface area contributed by atoms with Crippen molar-refractivity contribution in [3.8, 4) is 0 Å². The summed E-state index contributed by atoms with van der Waals surface area (Å²) in [6.07, 6.45) is 2.00. The van der Waals surface area contributed by atoms with E-state index >= 15 is 0 Å². The van der Waals surface area contributed by atoms with E-state index in [4.69, 9.17) is 5.73 Å². The van der Waals surface area contributed by atoms with Gasteiger partial charge < -0.3 is 21.3 Å². The molecule has 2 aromatic rings. The molecule has 29 heavy (non-hydrogen) atoms. The Morgan fingerprint density at radius 2 is 1.90 bits per heavy atom. The lowest BCUT2D eigenvalue weighted by atomic mass is 9.96. The van der Waals surface area contributed by atoms with Crippen LogP contribution in [-0.2, 0) is 4.79 Å². The Morgan fingerprint density at radius 3 is 2.59 bits per heavy atom. The molecule has 0 aromatic heterocycles. The highest BCUT2D eigenvalue weighted by molar-refractivity contribution is 6.36. The van der Waals surface area contributed by atoms with Crippen molar-refractivity contribution in [3.05, 3.63) is 59.2 Å². The Kier molecular flexibility index (Phi) is 5.11. The van der Waals surface area contributed by atoms with Crippen LogP contribution in [0.5, 0.6) is 0 Å². The molecule has 2 aliphatic rings. The smallest absolute Gasteiger partial charge is 0.258 e. The average molecular weight is 390 g/mol. The van der Waals surface area contributed by atoms with E-state index < -0.39 is 0 Å². The standard InChI is InChI=1S/C23H26N4O2/c1-14(28)15-6-7-20-19(13-15)21(23(29)26-20)22(16-4-3-5-17(24)12-16)25-18-8-10-27(2)11-9-18/h3-7,12-13,18,25H,8-11,24H2,1-2H3,(H,26,29). The van der Waals surface area contributed by atoms with Crippen LogP contribution in [0, 0.1) is 0 Å². The first-order valence-corrected chi connectivity index (χ1v) is 9.94. The van der Waals surface area contributed by atoms with Gasteiger partial charge in [0.1, 0.15) is 0 Å². The van der Waals surface area contributed by atoms with E-state index in [0.29, 0.717) is 16.8 Å². The molecule has 2 aliphatic heterocycles. The van der Waals surface area contributed by atoms with Crippen LogP contribution < -0.4 is 16.4 Å². The molecule has 0 bridgehead atoms. The second kappa shape index (κ2) is 7.72. The summed E-state index contributed by atoms with van der Waals surface area (Å²) in [5, 5.41) is 6.57. The number of anilines is 2. The monoisotopic (exact) mass is 390 g/mol. The number of rotatable bonds is 4. The van der Waals surface area contributed by atoms with Gasteiger partial charge in [0, 0.05) is 34.1 Å². The molecule has 1 fully saturated rings. The molecule has 0 unspecified atom stereocenters. The van der Waals surface area contributed by atoms with Gasteiger partial charge in [-0.3, -0.25) is 9.59 Å². The van der Waals surface area contributed by atoms with Crippen molar-refractivity contribution < 1.29 is 9.59 Å². The quantitative estimate of drug-likeness (QED) is 0.424. The van der Waals surface area contributed by atoms with Gasteiger partial charge in [-0.15, -0.1) is 0 Å². The molecule has 0 atom stereocenters. The maximum atomic E-state index is 13.0. The summed E-state index contributed by atoms with van der Waals surface area (Å²) < 4.78 is 0. The van der Waals surface area contributed by atoms with Gasteiger partial charge in [0.2, 0.25) is 0 Å². The average Bonchev–Trinajstić information content (AvgIpc) is 3.02. The van der Waals surface area contributed by atoms with Gasteiger partial charge in [0.15, 0.2) is 5.78 Å². The second-order valence-corrected chi connectivity index (χ2v) is 7.87. The van der Waals surface area contributed by atoms with Crippen LogP contribution >= 0.6 is 0 Å². The molecule has 2 heterocycles. The third-order valence-corrected chi connectivity index (χ3v) is 5.66. The summed E-state index contributed by atoms with van der Waals surface area (Å²) in [6.45, 7) is 3.55. The maximum absolute atomic E-state index is 13.0. The van der Waals surface area contributed by atoms with Gasteiger partial charge in [0.25, 0.3) is 5.91 Å². The number of amides is 1. The zero-order valence-electron chi connectivity index (χ0n) is 16.8. The third kappa shape index (κ3) is 3.89. The zero-order chi connectivity index (χ0) is 20.5. The summed E-state index contributed by atoms with van der Waals surface area (Å²) in [4.78, 5) is 27.2. The molecule has 4 N–H and O–H groups in total. The van der Waals surface area contributed by atoms with E-state index in [0.717, 1.165) is 48.4 Å². The van der Waals surface area contributed by atoms with E-state index in [2.05, 4.69) is 22.6 Å². The SMILES string of the molecule is CC(=O)c1ccc2c(c1)C(=C(NC1CCN(C)CC1)c1cccc(N)c1)C(=O)N2. The van der Waals surface area contributed by atoms with Gasteiger partial charge >= 0.3 is 0 Å². The number of nitrogens with zero attached hydrogens (tertiary/aromatic N) is 1. The van der Waals surface area contributed by atoms with E-state index in [1.807, 2.05) is 24.3 Å². The zero-order valence-corrected chi connectivity index (χ0v) is 16.8. The van der Waals surface area contributed by atoms with Crippen LogP contribution in [-0.4, -0.2) is 42.8 Å². The molecule has 0 aliphatic carbocycles. The van der Waals surface area contributed by atoms with Crippen molar-refractivity contribution in [1.82, 2.24) is 10.2 Å². The minimum Gasteiger partial charge on any atom is -0.399 e. The lowest BCUT2D eigenvalue weighted by molar-refractivity contribution is -0.110. The van der Waals surface area contributed by atoms with Gasteiger partial charge in [0.05, 0.1) is 11.3 Å². The number of hydrogen-bond acceptors (Lipinski definition) is 5. The highest BCUT2D eigenvalue weighted by atomic mass is 16.2. The predicted octanol–water partition coefficient (Wildman–Crippen LogP) is 2.98. The van der Waals surface area contributed by atoms with Crippen LogP contribution in [0.15, 0.2) is 42.5 Å². The van der Waals surface area contributed by atoms with Crippen LogP contribution in [0.4, 0.5) is 11.4 Å². The predicted molar refractivity (Wildman–Crippen MR) is 116 cm³/mol. The first kappa shape index (κ1) is 19.2. The van der Waals surface area contributed by atoms with E-state index in [-0.39, 0.29) is 17.7 Å². The summed E-state index contributed by atoms with van der Waals surface area (Å²) in [7, 11) is 2.12. The number of benzene rings is 2. The van der Waals surface area contributed by atoms with Crippen molar-refractivity contribution in [1.29, 1.82) is 0 Å². The molecule has 4 rings (SSSR count). The highest BCUT2D eigenvalue weighted by Crippen LogP contribution is 2.37. The second-order valence-electron chi connectivity index (χ2n) is 7.87. The number of nitrogen functional groups attached to an aromatic ring is 1. The fraction of sp³-hybridized carbons (Fsp3) is 0.304. The van der Waals surface area contributed by atoms with Crippen LogP contribution in [0.2, 0.25) is 0 Å². The molecular weight excluding hydrogens is 364 g/mol. The lowest BCUT2D eigenvalue weighted by Crippen LogP contribution is -2.40. The van der Waals surface area contributed by atoms with E-state index in [1.165, 1.54) is 6.92 Å². The Labute approximate surface area is 170 Å². The highest BCUT2D eigenvalue weighted by Gasteiger charge is 2.30. The molecule has 1 amide bonds. The molecule has 6 nitrogen and oxygen atoms in total. The van der Waals surface area contributed by atoms with Crippen LogP contribution in [0.1, 0.15) is 41.3 Å². The molecule has 150 valence electrons. The van der Waals surface area contributed by atoms with Crippen LogP contribution in [0.25, 0.3) is 11.3 Å². The van der Waals surface area contributed by atoms with E-state index in [9.17, 15) is 9.59 Å². The minimum absolute atomic E-state index is 0.0275. The molecule has 0 saturated carbocycles. The number of nitrogens with two attached hydrogens (primary N) is 1. The summed E-state index contributed by atoms with van der Waals surface area (Å²) >= 11 is 0. The Bertz CT molecular complexity index is 1000. The van der Waals surface area contributed by atoms with Crippen LogP contribution in [0.3, 0.4) is 0 Å². The number of likely N-dealkylation sites (tertiary alicyclic amines) is 1. The van der Waals surface area contributed by atoms with Gasteiger partial charge in [-0.05, 0) is 70.2 Å². The number of piperidine rings is 1. The molecule has 0 radical (unpaired) electrons. The molecular formula is C23H26N4O2. The largest absolute Gasteiger partial charge is 0.399 e. The maximum Gasteiger partial charge on any atom is 0.258 e. The number of hydrogen-bond donors (Lipinski definition) is 3. The summed E-state index contributed by atoms with van der Waals surface area (Å²) in [5.74, 6) is -0.196. The number of ketones is 1. The van der Waals surface area contributed by atoms with Crippen molar-refractivity contribution in [2.45, 2.75) is 25.8 Å². The Hall–Kier alpha value is -3.12. The molecule has 1 saturated heterocycles. The normalized spacial score (nSPS) is 18.9. The van der Waals surface area contributed by atoms with Crippen molar-refractivity contribution in [3.63, 3.8) is 0 Å². The van der Waals surface area contributed by atoms with Gasteiger partial charge in [-0.1, -0.05) is 12.1 Å². The molecule has 2 aromatic carbocycles. The lowest BCUT2D eigenvalue weighted by Gasteiger charge is -2.31. The van der Waals surface area contributed by atoms with Crippen molar-refractivity contribution in [2.24, 2.45) is 0 Å². The first-order chi connectivity index (χ1) is 13.9. The Morgan fingerprint density at radius 1 is 1.14 bits per heavy atom. The topological polar surface area (TPSA) is 87.5 Å². The fourth-order valence-corrected chi connectivity index (χ4v) is 3.99. The van der Waals surface area contributed by atoms with Gasteiger partial charge in [-0.25, -0.2) is 0 Å². The van der Waals surface area contributed by atoms with Crippen molar-refractivity contribution >= 4 is 34.3 Å². The van der Waals surface area contributed by atoms with Gasteiger partial charge in [-0.2, -0.15) is 0 Å². The summed E-state index contributed by atoms with van der Waals surface area (Å²) in [5.41, 5.74) is 10.9. The minimum atomic E-state index is -0.168. The number of fused-ring (bicyclic) bond motifs is 1. The van der Waals surface area contributed by atoms with E-state index in [1.54, 1.807) is 18.2 Å². The van der Waals surface area contributed by atoms with Crippen molar-refractivity contribution in [2.75, 3.05) is 31.2 Å². The number of carbonyl (C=O) groups is 2. The number of Topliss-reactive ketones (excluding diaryl/α,β-unsaturated/α-hetero) is 1. The number of carbonyl (C=O) groups excluding carboxylic acids is 2. The first-order valence-electron chi connectivity index (χ1n) is 9.94. The third-order valence-electron chi connectivity index (χ3n) is 5.66. The summed E-state index contributed by atoms with van der Waals surface area (Å²) in [6, 6.07) is 13.2.